The van der Waals surface area contributed by atoms with Gasteiger partial charge in [-0.25, -0.2) is 0 Å². The maximum atomic E-state index is 11.9. The van der Waals surface area contributed by atoms with Gasteiger partial charge in [-0.1, -0.05) is 18.2 Å². The predicted molar refractivity (Wildman–Crippen MR) is 73.5 cm³/mol. The van der Waals surface area contributed by atoms with Crippen LogP contribution in [0, 0.1) is 11.8 Å². The van der Waals surface area contributed by atoms with E-state index in [0.717, 1.165) is 11.3 Å². The molecule has 1 aromatic carbocycles. The molecule has 2 rings (SSSR count). The third-order valence-electron chi connectivity index (χ3n) is 3.55. The zero-order valence-corrected chi connectivity index (χ0v) is 11.6. The number of hydrogen-bond acceptors (Lipinski definition) is 3. The Morgan fingerprint density at radius 3 is 2.70 bits per heavy atom. The molecular weight excluding hydrogens is 258 g/mol. The van der Waals surface area contributed by atoms with Crippen molar-refractivity contribution in [1.82, 2.24) is 5.32 Å². The highest BCUT2D eigenvalue weighted by Gasteiger charge is 2.48. The third-order valence-corrected chi connectivity index (χ3v) is 3.55. The van der Waals surface area contributed by atoms with Crippen molar-refractivity contribution in [2.75, 3.05) is 7.11 Å². The molecule has 1 aliphatic carbocycles. The summed E-state index contributed by atoms with van der Waals surface area (Å²) in [5.41, 5.74) is 1.02. The monoisotopic (exact) mass is 277 g/mol. The van der Waals surface area contributed by atoms with Crippen LogP contribution in [0.25, 0.3) is 0 Å². The second kappa shape index (κ2) is 5.94. The zero-order chi connectivity index (χ0) is 14.7. The fourth-order valence-electron chi connectivity index (χ4n) is 2.36. The average molecular weight is 277 g/mol. The number of para-hydroxylation sites is 1. The van der Waals surface area contributed by atoms with Crippen LogP contribution in [-0.4, -0.2) is 30.1 Å². The van der Waals surface area contributed by atoms with Crippen molar-refractivity contribution in [2.24, 2.45) is 11.8 Å². The van der Waals surface area contributed by atoms with E-state index in [4.69, 9.17) is 9.84 Å². The summed E-state index contributed by atoms with van der Waals surface area (Å²) in [6.07, 6.45) is 1.10. The van der Waals surface area contributed by atoms with E-state index < -0.39 is 11.9 Å². The lowest BCUT2D eigenvalue weighted by molar-refractivity contribution is -0.140. The maximum absolute atomic E-state index is 11.9. The van der Waals surface area contributed by atoms with Crippen LogP contribution in [0.4, 0.5) is 0 Å². The van der Waals surface area contributed by atoms with E-state index in [9.17, 15) is 9.59 Å². The number of carboxylic acid groups (broad SMARTS) is 1. The first-order valence-corrected chi connectivity index (χ1v) is 6.68. The molecule has 20 heavy (non-hydrogen) atoms. The highest BCUT2D eigenvalue weighted by atomic mass is 16.5. The van der Waals surface area contributed by atoms with E-state index in [2.05, 4.69) is 5.32 Å². The number of carboxylic acids is 1. The quantitative estimate of drug-likeness (QED) is 0.825. The number of carbonyl (C=O) groups is 2. The van der Waals surface area contributed by atoms with Crippen molar-refractivity contribution in [1.29, 1.82) is 0 Å². The van der Waals surface area contributed by atoms with Crippen LogP contribution < -0.4 is 10.1 Å². The molecule has 1 saturated carbocycles. The molecule has 1 fully saturated rings. The Morgan fingerprint density at radius 1 is 1.40 bits per heavy atom. The van der Waals surface area contributed by atoms with Crippen molar-refractivity contribution < 1.29 is 19.4 Å². The number of hydrogen-bond donors (Lipinski definition) is 2. The van der Waals surface area contributed by atoms with Gasteiger partial charge in [0.15, 0.2) is 0 Å². The lowest BCUT2D eigenvalue weighted by atomic mass is 10.1. The molecule has 0 aromatic heterocycles. The number of ether oxygens (including phenoxy) is 1. The maximum Gasteiger partial charge on any atom is 0.307 e. The lowest BCUT2D eigenvalue weighted by Crippen LogP contribution is -2.35. The molecular formula is C15H19NO4. The molecule has 2 N–H and O–H groups in total. The number of aliphatic carboxylic acids is 1. The Morgan fingerprint density at radius 2 is 2.10 bits per heavy atom. The van der Waals surface area contributed by atoms with E-state index in [1.54, 1.807) is 7.11 Å². The smallest absolute Gasteiger partial charge is 0.307 e. The third kappa shape index (κ3) is 3.29. The van der Waals surface area contributed by atoms with Crippen LogP contribution >= 0.6 is 0 Å². The molecule has 5 nitrogen and oxygen atoms in total. The Labute approximate surface area is 117 Å². The fraction of sp³-hybridized carbons (Fsp3) is 0.467. The molecule has 3 atom stereocenters. The molecule has 0 saturated heterocycles. The van der Waals surface area contributed by atoms with Gasteiger partial charge in [0.1, 0.15) is 5.75 Å². The van der Waals surface area contributed by atoms with Crippen molar-refractivity contribution in [3.8, 4) is 5.75 Å². The molecule has 0 bridgehead atoms. The van der Waals surface area contributed by atoms with Crippen LogP contribution in [-0.2, 0) is 16.0 Å². The Bertz CT molecular complexity index is 514. The van der Waals surface area contributed by atoms with Crippen LogP contribution in [0.15, 0.2) is 24.3 Å². The molecule has 0 spiro atoms. The SMILES string of the molecule is COc1ccccc1CC(C)NC(=O)[C@@H]1C[C@@H]1C(=O)O. The summed E-state index contributed by atoms with van der Waals surface area (Å²) in [6, 6.07) is 7.60. The second-order valence-electron chi connectivity index (χ2n) is 5.21. The van der Waals surface area contributed by atoms with Gasteiger partial charge in [-0.15, -0.1) is 0 Å². The first kappa shape index (κ1) is 14.4. The van der Waals surface area contributed by atoms with Gasteiger partial charge in [-0.2, -0.15) is 0 Å². The van der Waals surface area contributed by atoms with E-state index >= 15 is 0 Å². The van der Waals surface area contributed by atoms with E-state index in [1.165, 1.54) is 0 Å². The Hall–Kier alpha value is -2.04. The summed E-state index contributed by atoms with van der Waals surface area (Å²) in [7, 11) is 1.61. The lowest BCUT2D eigenvalue weighted by Gasteiger charge is -2.15. The summed E-state index contributed by atoms with van der Waals surface area (Å²) in [5.74, 6) is -1.13. The average Bonchev–Trinajstić information content (AvgIpc) is 3.19. The molecule has 1 unspecified atom stereocenters. The molecule has 0 radical (unpaired) electrons. The van der Waals surface area contributed by atoms with Crippen LogP contribution in [0.3, 0.4) is 0 Å². The molecule has 5 heteroatoms. The summed E-state index contributed by atoms with van der Waals surface area (Å²) < 4.78 is 5.27. The first-order chi connectivity index (χ1) is 9.52. The summed E-state index contributed by atoms with van der Waals surface area (Å²) in [5, 5.41) is 11.7. The van der Waals surface area contributed by atoms with Crippen LogP contribution in [0.5, 0.6) is 5.75 Å². The second-order valence-corrected chi connectivity index (χ2v) is 5.21. The predicted octanol–water partition coefficient (Wildman–Crippen LogP) is 1.46. The zero-order valence-electron chi connectivity index (χ0n) is 11.6. The van der Waals surface area contributed by atoms with E-state index in [0.29, 0.717) is 12.8 Å². The number of methoxy groups -OCH3 is 1. The summed E-state index contributed by atoms with van der Waals surface area (Å²) in [4.78, 5) is 22.6. The van der Waals surface area contributed by atoms with E-state index in [-0.39, 0.29) is 17.9 Å². The van der Waals surface area contributed by atoms with Gasteiger partial charge in [0.2, 0.25) is 5.91 Å². The Balaban J connectivity index is 1.88. The molecule has 0 aliphatic heterocycles. The van der Waals surface area contributed by atoms with Gasteiger partial charge in [0.05, 0.1) is 18.9 Å². The summed E-state index contributed by atoms with van der Waals surface area (Å²) in [6.45, 7) is 1.91. The van der Waals surface area contributed by atoms with Gasteiger partial charge in [-0.05, 0) is 31.4 Å². The minimum Gasteiger partial charge on any atom is -0.496 e. The van der Waals surface area contributed by atoms with Gasteiger partial charge >= 0.3 is 5.97 Å². The molecule has 0 heterocycles. The van der Waals surface area contributed by atoms with Crippen LogP contribution in [0.1, 0.15) is 18.9 Å². The highest BCUT2D eigenvalue weighted by Crippen LogP contribution is 2.38. The van der Waals surface area contributed by atoms with Gasteiger partial charge < -0.3 is 15.2 Å². The van der Waals surface area contributed by atoms with Crippen molar-refractivity contribution >= 4 is 11.9 Å². The molecule has 1 aromatic rings. The topological polar surface area (TPSA) is 75.6 Å². The molecule has 1 amide bonds. The largest absolute Gasteiger partial charge is 0.496 e. The van der Waals surface area contributed by atoms with Gasteiger partial charge in [-0.3, -0.25) is 9.59 Å². The number of rotatable bonds is 6. The van der Waals surface area contributed by atoms with Crippen LogP contribution in [0.2, 0.25) is 0 Å². The number of nitrogens with one attached hydrogen (secondary N) is 1. The van der Waals surface area contributed by atoms with Crippen molar-refractivity contribution in [3.63, 3.8) is 0 Å². The van der Waals surface area contributed by atoms with Gasteiger partial charge in [0.25, 0.3) is 0 Å². The fourth-order valence-corrected chi connectivity index (χ4v) is 2.36. The summed E-state index contributed by atoms with van der Waals surface area (Å²) >= 11 is 0. The standard InChI is InChI=1S/C15H19NO4/c1-9(7-10-5-3-4-6-13(10)20-2)16-14(17)11-8-12(11)15(18)19/h3-6,9,11-12H,7-8H2,1-2H3,(H,16,17)(H,18,19)/t9?,11-,12+/m1/s1. The first-order valence-electron chi connectivity index (χ1n) is 6.68. The van der Waals surface area contributed by atoms with E-state index in [1.807, 2.05) is 31.2 Å². The van der Waals surface area contributed by atoms with Crippen molar-refractivity contribution in [2.45, 2.75) is 25.8 Å². The minimum absolute atomic E-state index is 0.0613. The highest BCUT2D eigenvalue weighted by molar-refractivity contribution is 5.89. The molecule has 1 aliphatic rings. The number of amides is 1. The normalized spacial score (nSPS) is 21.9. The van der Waals surface area contributed by atoms with Gasteiger partial charge in [0, 0.05) is 6.04 Å². The minimum atomic E-state index is -0.887. The number of carbonyl (C=O) groups excluding carboxylic acids is 1. The van der Waals surface area contributed by atoms with Crippen molar-refractivity contribution in [3.05, 3.63) is 29.8 Å². The molecule has 108 valence electrons. The number of benzene rings is 1. The Kier molecular flexibility index (Phi) is 4.27.